The minimum atomic E-state index is -0.403. The second-order valence-electron chi connectivity index (χ2n) is 13.0. The lowest BCUT2D eigenvalue weighted by Gasteiger charge is -2.20. The van der Waals surface area contributed by atoms with Gasteiger partial charge < -0.3 is 19.0 Å². The van der Waals surface area contributed by atoms with E-state index in [9.17, 15) is 9.90 Å². The Hall–Kier alpha value is -6.47. The average molecular weight is 683 g/mol. The number of ether oxygens (including phenoxy) is 1. The van der Waals surface area contributed by atoms with E-state index in [0.29, 0.717) is 35.6 Å². The van der Waals surface area contributed by atoms with Gasteiger partial charge in [-0.05, 0) is 72.0 Å². The van der Waals surface area contributed by atoms with E-state index in [1.54, 1.807) is 6.07 Å². The van der Waals surface area contributed by atoms with Gasteiger partial charge in [-0.2, -0.15) is 0 Å². The van der Waals surface area contributed by atoms with E-state index in [4.69, 9.17) is 14.7 Å². The monoisotopic (exact) mass is 682 g/mol. The number of nitrogens with zero attached hydrogens (tertiary/aromatic N) is 4. The van der Waals surface area contributed by atoms with E-state index in [1.165, 1.54) is 23.8 Å². The van der Waals surface area contributed by atoms with Crippen LogP contribution in [0.15, 0.2) is 152 Å². The smallest absolute Gasteiger partial charge is 0.337 e. The molecular weight excluding hydrogens is 645 g/mol. The zero-order valence-corrected chi connectivity index (χ0v) is 28.9. The van der Waals surface area contributed by atoms with Crippen LogP contribution in [0.1, 0.15) is 39.4 Å². The molecule has 0 fully saturated rings. The van der Waals surface area contributed by atoms with Gasteiger partial charge in [-0.3, -0.25) is 0 Å². The van der Waals surface area contributed by atoms with Crippen molar-refractivity contribution in [3.05, 3.63) is 174 Å². The van der Waals surface area contributed by atoms with Gasteiger partial charge in [0.2, 0.25) is 0 Å². The fraction of sp³-hybridized carbons (Fsp3) is 0.133. The number of rotatable bonds is 11. The molecule has 52 heavy (non-hydrogen) atoms. The standard InChI is InChI=1S/C45H38N4O3/c1-52-45(51)34-24-25-40-39(30-34)47-44(48(40)29-27-35(32-16-7-3-8-17-32)33-18-9-4-10-19-33)37-21-13-22-38-42(37)49(28-26-31-14-5-2-6-15-31)43(46-38)36-20-11-12-23-41(36)50/h2-25,30,35,50H,26-29H2,1H3. The molecule has 0 saturated carbocycles. The molecule has 8 rings (SSSR count). The van der Waals surface area contributed by atoms with Gasteiger partial charge in [0, 0.05) is 24.6 Å². The Morgan fingerprint density at radius 2 is 1.27 bits per heavy atom. The predicted molar refractivity (Wildman–Crippen MR) is 206 cm³/mol. The molecule has 0 radical (unpaired) electrons. The number of aryl methyl sites for hydroxylation is 3. The van der Waals surface area contributed by atoms with Crippen LogP contribution in [0.4, 0.5) is 0 Å². The van der Waals surface area contributed by atoms with Crippen LogP contribution in [0.2, 0.25) is 0 Å². The largest absolute Gasteiger partial charge is 0.507 e. The summed E-state index contributed by atoms with van der Waals surface area (Å²) in [5, 5.41) is 11.0. The number of hydrogen-bond donors (Lipinski definition) is 1. The van der Waals surface area contributed by atoms with Crippen molar-refractivity contribution in [2.75, 3.05) is 7.11 Å². The summed E-state index contributed by atoms with van der Waals surface area (Å²) in [6.07, 6.45) is 1.59. The van der Waals surface area contributed by atoms with Crippen molar-refractivity contribution >= 4 is 28.0 Å². The first-order valence-corrected chi connectivity index (χ1v) is 17.6. The van der Waals surface area contributed by atoms with E-state index < -0.39 is 5.97 Å². The molecule has 256 valence electrons. The highest BCUT2D eigenvalue weighted by molar-refractivity contribution is 5.97. The molecule has 0 spiro atoms. The van der Waals surface area contributed by atoms with Crippen LogP contribution in [0.3, 0.4) is 0 Å². The van der Waals surface area contributed by atoms with Gasteiger partial charge in [0.1, 0.15) is 17.4 Å². The number of hydrogen-bond acceptors (Lipinski definition) is 5. The zero-order valence-electron chi connectivity index (χ0n) is 28.9. The van der Waals surface area contributed by atoms with Crippen molar-refractivity contribution in [2.24, 2.45) is 0 Å². The Morgan fingerprint density at radius 3 is 1.96 bits per heavy atom. The Morgan fingerprint density at radius 1 is 0.654 bits per heavy atom. The lowest BCUT2D eigenvalue weighted by Crippen LogP contribution is -2.09. The van der Waals surface area contributed by atoms with Crippen LogP contribution in [0.5, 0.6) is 5.75 Å². The Labute approximate surface area is 302 Å². The van der Waals surface area contributed by atoms with Crippen molar-refractivity contribution in [3.63, 3.8) is 0 Å². The molecule has 0 saturated heterocycles. The maximum atomic E-state index is 12.6. The number of imidazole rings is 2. The molecule has 7 nitrogen and oxygen atoms in total. The number of carbonyl (C=O) groups excluding carboxylic acids is 1. The predicted octanol–water partition coefficient (Wildman–Crippen LogP) is 9.68. The average Bonchev–Trinajstić information content (AvgIpc) is 3.76. The maximum Gasteiger partial charge on any atom is 0.337 e. The van der Waals surface area contributed by atoms with Crippen LogP contribution < -0.4 is 0 Å². The summed E-state index contributed by atoms with van der Waals surface area (Å²) in [6, 6.07) is 50.7. The zero-order chi connectivity index (χ0) is 35.4. The first-order chi connectivity index (χ1) is 25.6. The first kappa shape index (κ1) is 32.7. The van der Waals surface area contributed by atoms with E-state index >= 15 is 0 Å². The van der Waals surface area contributed by atoms with E-state index in [2.05, 4.69) is 100 Å². The molecule has 7 heteroatoms. The van der Waals surface area contributed by atoms with Crippen LogP contribution in [0, 0.1) is 0 Å². The molecule has 0 aliphatic carbocycles. The number of methoxy groups -OCH3 is 1. The molecule has 2 heterocycles. The highest BCUT2D eigenvalue weighted by atomic mass is 16.5. The number of esters is 1. The topological polar surface area (TPSA) is 82.2 Å². The fourth-order valence-electron chi connectivity index (χ4n) is 7.30. The molecule has 8 aromatic rings. The molecule has 0 aliphatic heterocycles. The van der Waals surface area contributed by atoms with Crippen LogP contribution in [-0.2, 0) is 24.2 Å². The summed E-state index contributed by atoms with van der Waals surface area (Å²) >= 11 is 0. The van der Waals surface area contributed by atoms with Crippen LogP contribution >= 0.6 is 0 Å². The lowest BCUT2D eigenvalue weighted by atomic mass is 9.88. The lowest BCUT2D eigenvalue weighted by molar-refractivity contribution is 0.0601. The summed E-state index contributed by atoms with van der Waals surface area (Å²) in [4.78, 5) is 23.0. The van der Waals surface area contributed by atoms with Crippen molar-refractivity contribution < 1.29 is 14.6 Å². The number of benzene rings is 6. The molecule has 0 bridgehead atoms. The Kier molecular flexibility index (Phi) is 9.06. The number of phenolic OH excluding ortho intramolecular Hbond substituents is 1. The molecule has 2 aromatic heterocycles. The summed E-state index contributed by atoms with van der Waals surface area (Å²) in [7, 11) is 1.39. The minimum Gasteiger partial charge on any atom is -0.507 e. The summed E-state index contributed by atoms with van der Waals surface area (Å²) in [6.45, 7) is 1.30. The first-order valence-electron chi connectivity index (χ1n) is 17.6. The third-order valence-corrected chi connectivity index (χ3v) is 9.83. The molecule has 6 aromatic carbocycles. The van der Waals surface area contributed by atoms with Gasteiger partial charge in [0.05, 0.1) is 40.3 Å². The summed E-state index contributed by atoms with van der Waals surface area (Å²) < 4.78 is 9.56. The summed E-state index contributed by atoms with van der Waals surface area (Å²) in [5.74, 6) is 1.41. The minimum absolute atomic E-state index is 0.155. The van der Waals surface area contributed by atoms with Gasteiger partial charge in [0.25, 0.3) is 0 Å². The fourth-order valence-corrected chi connectivity index (χ4v) is 7.30. The molecule has 0 amide bonds. The third-order valence-electron chi connectivity index (χ3n) is 9.83. The number of para-hydroxylation sites is 2. The summed E-state index contributed by atoms with van der Waals surface area (Å²) in [5.41, 5.74) is 9.13. The quantitative estimate of drug-likeness (QED) is 0.137. The number of fused-ring (bicyclic) bond motifs is 2. The van der Waals surface area contributed by atoms with E-state index in [-0.39, 0.29) is 11.7 Å². The molecule has 0 aliphatic rings. The number of aromatic hydroxyl groups is 1. The van der Waals surface area contributed by atoms with Crippen LogP contribution in [0.25, 0.3) is 44.8 Å². The van der Waals surface area contributed by atoms with E-state index in [1.807, 2.05) is 54.6 Å². The second-order valence-corrected chi connectivity index (χ2v) is 13.0. The van der Waals surface area contributed by atoms with Gasteiger partial charge in [0.15, 0.2) is 0 Å². The van der Waals surface area contributed by atoms with Gasteiger partial charge in [-0.25, -0.2) is 14.8 Å². The number of phenols is 1. The second kappa shape index (κ2) is 14.4. The highest BCUT2D eigenvalue weighted by Gasteiger charge is 2.24. The number of carbonyl (C=O) groups is 1. The van der Waals surface area contributed by atoms with Gasteiger partial charge in [-0.15, -0.1) is 0 Å². The number of aromatic nitrogens is 4. The van der Waals surface area contributed by atoms with Crippen molar-refractivity contribution in [1.82, 2.24) is 19.1 Å². The molecule has 0 unspecified atom stereocenters. The molecule has 1 N–H and O–H groups in total. The SMILES string of the molecule is COC(=O)c1ccc2c(c1)nc(-c1cccc3nc(-c4ccccc4O)n(CCc4ccccc4)c13)n2CCC(c1ccccc1)c1ccccc1. The highest BCUT2D eigenvalue weighted by Crippen LogP contribution is 2.38. The van der Waals surface area contributed by atoms with Crippen molar-refractivity contribution in [2.45, 2.75) is 31.8 Å². The van der Waals surface area contributed by atoms with Crippen molar-refractivity contribution in [1.29, 1.82) is 0 Å². The van der Waals surface area contributed by atoms with Gasteiger partial charge in [-0.1, -0.05) is 109 Å². The Balaban J connectivity index is 1.31. The molecule has 0 atom stereocenters. The van der Waals surface area contributed by atoms with Crippen molar-refractivity contribution in [3.8, 4) is 28.5 Å². The van der Waals surface area contributed by atoms with Crippen LogP contribution in [-0.4, -0.2) is 37.3 Å². The normalized spacial score (nSPS) is 11.4. The molecular formula is C45H38N4O3. The third kappa shape index (κ3) is 6.33. The Bertz CT molecular complexity index is 2450. The maximum absolute atomic E-state index is 12.6. The van der Waals surface area contributed by atoms with Gasteiger partial charge >= 0.3 is 5.97 Å². The van der Waals surface area contributed by atoms with E-state index in [0.717, 1.165) is 40.8 Å².